The molecule has 0 aromatic heterocycles. The fourth-order valence-corrected chi connectivity index (χ4v) is 2.75. The number of imide groups is 1. The van der Waals surface area contributed by atoms with E-state index in [1.807, 2.05) is 5.32 Å². The molecule has 0 aliphatic rings. The molecule has 0 heterocycles. The molecule has 110 valence electrons. The van der Waals surface area contributed by atoms with Crippen LogP contribution in [0.2, 0.25) is 0 Å². The Morgan fingerprint density at radius 3 is 2.35 bits per heavy atom. The van der Waals surface area contributed by atoms with Crippen molar-refractivity contribution in [3.63, 3.8) is 0 Å². The number of nitrogens with one attached hydrogen (secondary N) is 2. The molecule has 0 aliphatic heterocycles. The number of halogens is 1. The second-order valence-electron chi connectivity index (χ2n) is 4.10. The number of carbonyl (C=O) groups excluding carboxylic acids is 2. The number of benzene rings is 1. The third-order valence-corrected chi connectivity index (χ3v) is 4.02. The molecule has 20 heavy (non-hydrogen) atoms. The van der Waals surface area contributed by atoms with Crippen LogP contribution >= 0.6 is 0 Å². The molecule has 0 spiro atoms. The molecule has 0 unspecified atom stereocenters. The van der Waals surface area contributed by atoms with Crippen LogP contribution in [0.1, 0.15) is 12.0 Å². The van der Waals surface area contributed by atoms with E-state index < -0.39 is 27.6 Å². The number of hydrogen-bond acceptors (Lipinski definition) is 4. The predicted octanol–water partition coefficient (Wildman–Crippen LogP) is 0.586. The van der Waals surface area contributed by atoms with Gasteiger partial charge in [0.05, 0.1) is 11.5 Å². The van der Waals surface area contributed by atoms with Crippen LogP contribution in [0.4, 0.5) is 9.18 Å². The van der Waals surface area contributed by atoms with E-state index in [1.54, 1.807) is 0 Å². The van der Waals surface area contributed by atoms with Gasteiger partial charge >= 0.3 is 6.03 Å². The van der Waals surface area contributed by atoms with Gasteiger partial charge in [-0.05, 0) is 17.7 Å². The largest absolute Gasteiger partial charge is 0.341 e. The topological polar surface area (TPSA) is 92.3 Å². The van der Waals surface area contributed by atoms with Gasteiger partial charge in [0.1, 0.15) is 5.82 Å². The van der Waals surface area contributed by atoms with Gasteiger partial charge in [0.25, 0.3) is 0 Å². The Bertz CT molecular complexity index is 584. The van der Waals surface area contributed by atoms with Crippen molar-refractivity contribution in [1.82, 2.24) is 10.6 Å². The maximum atomic E-state index is 12.7. The first-order valence-electron chi connectivity index (χ1n) is 5.79. The molecule has 0 atom stereocenters. The summed E-state index contributed by atoms with van der Waals surface area (Å²) >= 11 is 0. The van der Waals surface area contributed by atoms with Crippen LogP contribution in [0.25, 0.3) is 0 Å². The van der Waals surface area contributed by atoms with Crippen LogP contribution in [-0.4, -0.2) is 33.2 Å². The van der Waals surface area contributed by atoms with Crippen LogP contribution in [0.3, 0.4) is 0 Å². The maximum Gasteiger partial charge on any atom is 0.321 e. The molecule has 3 amide bonds. The fourth-order valence-electron chi connectivity index (χ4n) is 1.41. The first-order chi connectivity index (χ1) is 9.32. The minimum Gasteiger partial charge on any atom is -0.341 e. The monoisotopic (exact) mass is 302 g/mol. The first kappa shape index (κ1) is 16.1. The summed E-state index contributed by atoms with van der Waals surface area (Å²) in [4.78, 5) is 22.1. The molecule has 0 saturated heterocycles. The standard InChI is InChI=1S/C12H15FN2O4S/c1-14-12(17)15-11(16)6-7-20(18,19)8-9-2-4-10(13)5-3-9/h2-5H,6-8H2,1H3,(H2,14,15,16,17). The fraction of sp³-hybridized carbons (Fsp3) is 0.333. The van der Waals surface area contributed by atoms with Crippen molar-refractivity contribution in [2.24, 2.45) is 0 Å². The summed E-state index contributed by atoms with van der Waals surface area (Å²) in [6.07, 6.45) is -0.309. The van der Waals surface area contributed by atoms with E-state index in [2.05, 4.69) is 5.32 Å². The Morgan fingerprint density at radius 2 is 1.80 bits per heavy atom. The minimum atomic E-state index is -3.50. The Morgan fingerprint density at radius 1 is 1.20 bits per heavy atom. The number of hydrogen-bond donors (Lipinski definition) is 2. The van der Waals surface area contributed by atoms with E-state index in [9.17, 15) is 22.4 Å². The quantitative estimate of drug-likeness (QED) is 0.832. The zero-order valence-electron chi connectivity index (χ0n) is 10.8. The SMILES string of the molecule is CNC(=O)NC(=O)CCS(=O)(=O)Cc1ccc(F)cc1. The zero-order valence-corrected chi connectivity index (χ0v) is 11.7. The summed E-state index contributed by atoms with van der Waals surface area (Å²) in [5, 5.41) is 4.15. The van der Waals surface area contributed by atoms with Crippen LogP contribution in [-0.2, 0) is 20.4 Å². The molecule has 0 aliphatic carbocycles. The van der Waals surface area contributed by atoms with Crippen molar-refractivity contribution in [2.45, 2.75) is 12.2 Å². The van der Waals surface area contributed by atoms with Gasteiger partial charge in [-0.15, -0.1) is 0 Å². The van der Waals surface area contributed by atoms with Gasteiger partial charge in [0, 0.05) is 13.5 Å². The third kappa shape index (κ3) is 5.79. The molecule has 2 N–H and O–H groups in total. The van der Waals surface area contributed by atoms with Crippen molar-refractivity contribution in [3.8, 4) is 0 Å². The molecule has 1 aromatic carbocycles. The number of sulfone groups is 1. The first-order valence-corrected chi connectivity index (χ1v) is 7.61. The summed E-state index contributed by atoms with van der Waals surface area (Å²) in [6.45, 7) is 0. The van der Waals surface area contributed by atoms with Gasteiger partial charge in [-0.2, -0.15) is 0 Å². The van der Waals surface area contributed by atoms with Crippen molar-refractivity contribution in [2.75, 3.05) is 12.8 Å². The summed E-state index contributed by atoms with van der Waals surface area (Å²) < 4.78 is 36.2. The molecule has 0 bridgehead atoms. The smallest absolute Gasteiger partial charge is 0.321 e. The van der Waals surface area contributed by atoms with E-state index in [0.717, 1.165) is 0 Å². The van der Waals surface area contributed by atoms with Crippen molar-refractivity contribution < 1.29 is 22.4 Å². The summed E-state index contributed by atoms with van der Waals surface area (Å²) in [6, 6.07) is 4.40. The van der Waals surface area contributed by atoms with Crippen molar-refractivity contribution >= 4 is 21.8 Å². The Labute approximate surface area is 116 Å². The van der Waals surface area contributed by atoms with Gasteiger partial charge < -0.3 is 5.32 Å². The highest BCUT2D eigenvalue weighted by Crippen LogP contribution is 2.09. The Balaban J connectivity index is 2.51. The summed E-state index contributed by atoms with van der Waals surface area (Å²) in [5.41, 5.74) is 0.443. The van der Waals surface area contributed by atoms with Crippen LogP contribution in [0.5, 0.6) is 0 Å². The van der Waals surface area contributed by atoms with E-state index in [0.29, 0.717) is 5.56 Å². The molecular formula is C12H15FN2O4S. The van der Waals surface area contributed by atoms with Crippen LogP contribution in [0, 0.1) is 5.82 Å². The van der Waals surface area contributed by atoms with Crippen LogP contribution < -0.4 is 10.6 Å². The van der Waals surface area contributed by atoms with E-state index >= 15 is 0 Å². The zero-order chi connectivity index (χ0) is 15.2. The number of urea groups is 1. The predicted molar refractivity (Wildman–Crippen MR) is 71.1 cm³/mol. The highest BCUT2D eigenvalue weighted by molar-refractivity contribution is 7.90. The lowest BCUT2D eigenvalue weighted by Gasteiger charge is -2.05. The van der Waals surface area contributed by atoms with Gasteiger partial charge in [-0.25, -0.2) is 17.6 Å². The summed E-state index contributed by atoms with van der Waals surface area (Å²) in [5.74, 6) is -1.78. The lowest BCUT2D eigenvalue weighted by molar-refractivity contribution is -0.119. The average molecular weight is 302 g/mol. The lowest BCUT2D eigenvalue weighted by Crippen LogP contribution is -2.38. The molecule has 1 rings (SSSR count). The van der Waals surface area contributed by atoms with Crippen molar-refractivity contribution in [1.29, 1.82) is 0 Å². The number of amides is 3. The second kappa shape index (κ2) is 6.99. The molecule has 0 fully saturated rings. The lowest BCUT2D eigenvalue weighted by atomic mass is 10.2. The van der Waals surface area contributed by atoms with Gasteiger partial charge in [-0.3, -0.25) is 10.1 Å². The molecule has 6 nitrogen and oxygen atoms in total. The van der Waals surface area contributed by atoms with Crippen LogP contribution in [0.15, 0.2) is 24.3 Å². The number of rotatable bonds is 5. The highest BCUT2D eigenvalue weighted by Gasteiger charge is 2.15. The summed E-state index contributed by atoms with van der Waals surface area (Å²) in [7, 11) is -2.16. The van der Waals surface area contributed by atoms with Gasteiger partial charge in [0.15, 0.2) is 9.84 Å². The van der Waals surface area contributed by atoms with Crippen molar-refractivity contribution in [3.05, 3.63) is 35.6 Å². The molecule has 1 aromatic rings. The molecular weight excluding hydrogens is 287 g/mol. The average Bonchev–Trinajstić information content (AvgIpc) is 2.39. The Hall–Kier alpha value is -1.96. The van der Waals surface area contributed by atoms with Gasteiger partial charge in [-0.1, -0.05) is 12.1 Å². The third-order valence-electron chi connectivity index (χ3n) is 2.42. The van der Waals surface area contributed by atoms with E-state index in [-0.39, 0.29) is 17.9 Å². The maximum absolute atomic E-state index is 12.7. The molecule has 8 heteroatoms. The molecule has 0 saturated carbocycles. The normalized spacial score (nSPS) is 10.9. The number of carbonyl (C=O) groups is 2. The minimum absolute atomic E-state index is 0.277. The second-order valence-corrected chi connectivity index (χ2v) is 6.28. The van der Waals surface area contributed by atoms with Gasteiger partial charge in [0.2, 0.25) is 5.91 Å². The molecule has 0 radical (unpaired) electrons. The highest BCUT2D eigenvalue weighted by atomic mass is 32.2. The Kier molecular flexibility index (Phi) is 5.63. The van der Waals surface area contributed by atoms with E-state index in [1.165, 1.54) is 31.3 Å². The van der Waals surface area contributed by atoms with E-state index in [4.69, 9.17) is 0 Å².